The van der Waals surface area contributed by atoms with Gasteiger partial charge in [-0.2, -0.15) is 0 Å². The highest BCUT2D eigenvalue weighted by Gasteiger charge is 2.10. The number of aryl methyl sites for hydroxylation is 1. The lowest BCUT2D eigenvalue weighted by Crippen LogP contribution is -2.13. The number of hydrogen-bond donors (Lipinski definition) is 1. The van der Waals surface area contributed by atoms with E-state index in [2.05, 4.69) is 9.88 Å². The zero-order chi connectivity index (χ0) is 12.4. The molecule has 4 nitrogen and oxygen atoms in total. The van der Waals surface area contributed by atoms with E-state index in [9.17, 15) is 4.79 Å². The molecule has 0 aliphatic heterocycles. The first-order chi connectivity index (χ1) is 8.08. The van der Waals surface area contributed by atoms with Crippen molar-refractivity contribution in [3.63, 3.8) is 0 Å². The van der Waals surface area contributed by atoms with Crippen LogP contribution < -0.4 is 5.76 Å². The number of H-pyrrole nitrogens is 1. The van der Waals surface area contributed by atoms with Crippen LogP contribution in [0.2, 0.25) is 5.02 Å². The Morgan fingerprint density at radius 1 is 1.41 bits per heavy atom. The van der Waals surface area contributed by atoms with Crippen molar-refractivity contribution in [2.24, 2.45) is 0 Å². The minimum atomic E-state index is -0.434. The molecule has 17 heavy (non-hydrogen) atoms. The molecule has 1 aromatic carbocycles. The van der Waals surface area contributed by atoms with E-state index in [1.54, 1.807) is 12.1 Å². The van der Waals surface area contributed by atoms with Gasteiger partial charge in [-0.3, -0.25) is 4.98 Å². The van der Waals surface area contributed by atoms with Crippen LogP contribution in [0, 0.1) is 0 Å². The summed E-state index contributed by atoms with van der Waals surface area (Å²) in [7, 11) is 4.06. The van der Waals surface area contributed by atoms with Gasteiger partial charge in [0.25, 0.3) is 0 Å². The summed E-state index contributed by atoms with van der Waals surface area (Å²) in [6.45, 7) is 0.981. The molecule has 0 spiro atoms. The number of hydrogen-bond acceptors (Lipinski definition) is 3. The summed E-state index contributed by atoms with van der Waals surface area (Å²) >= 11 is 6.15. The van der Waals surface area contributed by atoms with Gasteiger partial charge < -0.3 is 9.32 Å². The van der Waals surface area contributed by atoms with Crippen molar-refractivity contribution in [2.75, 3.05) is 20.6 Å². The van der Waals surface area contributed by atoms with Crippen LogP contribution in [-0.4, -0.2) is 30.5 Å². The molecule has 0 saturated heterocycles. The quantitative estimate of drug-likeness (QED) is 0.911. The van der Waals surface area contributed by atoms with Crippen LogP contribution in [0.5, 0.6) is 0 Å². The number of halogens is 1. The van der Waals surface area contributed by atoms with Crippen LogP contribution >= 0.6 is 11.6 Å². The van der Waals surface area contributed by atoms with E-state index in [4.69, 9.17) is 16.0 Å². The molecule has 0 fully saturated rings. The molecule has 0 atom stereocenters. The third-order valence-electron chi connectivity index (χ3n) is 2.68. The van der Waals surface area contributed by atoms with E-state index in [1.807, 2.05) is 14.1 Å². The molecule has 0 saturated carbocycles. The standard InChI is InChI=1S/C12H15ClN2O2/c1-15(2)7-3-4-8-9(13)5-6-10-11(8)14-12(16)17-10/h5-6H,3-4,7H2,1-2H3,(H,14,16). The summed E-state index contributed by atoms with van der Waals surface area (Å²) < 4.78 is 5.01. The normalized spacial score (nSPS) is 11.5. The fraction of sp³-hybridized carbons (Fsp3) is 0.417. The molecule has 0 amide bonds. The van der Waals surface area contributed by atoms with Gasteiger partial charge in [-0.1, -0.05) is 11.6 Å². The molecule has 1 aromatic heterocycles. The highest BCUT2D eigenvalue weighted by atomic mass is 35.5. The average molecular weight is 255 g/mol. The van der Waals surface area contributed by atoms with Crippen LogP contribution in [0.1, 0.15) is 12.0 Å². The lowest BCUT2D eigenvalue weighted by Gasteiger charge is -2.10. The molecule has 2 aromatic rings. The molecule has 92 valence electrons. The first kappa shape index (κ1) is 12.2. The van der Waals surface area contributed by atoms with E-state index in [0.717, 1.165) is 30.5 Å². The van der Waals surface area contributed by atoms with Gasteiger partial charge in [0.05, 0.1) is 5.52 Å². The fourth-order valence-electron chi connectivity index (χ4n) is 1.87. The summed E-state index contributed by atoms with van der Waals surface area (Å²) in [6, 6.07) is 3.48. The predicted molar refractivity (Wildman–Crippen MR) is 68.7 cm³/mol. The zero-order valence-electron chi connectivity index (χ0n) is 9.92. The van der Waals surface area contributed by atoms with Crippen LogP contribution in [0.25, 0.3) is 11.1 Å². The molecule has 1 N–H and O–H groups in total. The highest BCUT2D eigenvalue weighted by molar-refractivity contribution is 6.32. The summed E-state index contributed by atoms with van der Waals surface area (Å²) in [5.41, 5.74) is 2.25. The SMILES string of the molecule is CN(C)CCCc1c(Cl)ccc2oc(=O)[nH]c12. The molecular formula is C12H15ClN2O2. The van der Waals surface area contributed by atoms with Gasteiger partial charge in [0.1, 0.15) is 0 Å². The Kier molecular flexibility index (Phi) is 3.54. The van der Waals surface area contributed by atoms with E-state index in [0.29, 0.717) is 10.6 Å². The molecule has 0 aliphatic rings. The molecule has 0 bridgehead atoms. The van der Waals surface area contributed by atoms with Gasteiger partial charge in [-0.15, -0.1) is 0 Å². The maximum Gasteiger partial charge on any atom is 0.417 e. The van der Waals surface area contributed by atoms with Crippen LogP contribution in [0.3, 0.4) is 0 Å². The molecule has 0 radical (unpaired) electrons. The number of oxazole rings is 1. The lowest BCUT2D eigenvalue weighted by atomic mass is 10.1. The van der Waals surface area contributed by atoms with Crippen molar-refractivity contribution < 1.29 is 4.42 Å². The number of nitrogens with zero attached hydrogens (tertiary/aromatic N) is 1. The molecule has 5 heteroatoms. The van der Waals surface area contributed by atoms with Crippen LogP contribution in [0.15, 0.2) is 21.3 Å². The molecular weight excluding hydrogens is 240 g/mol. The van der Waals surface area contributed by atoms with E-state index in [1.165, 1.54) is 0 Å². The van der Waals surface area contributed by atoms with Gasteiger partial charge >= 0.3 is 5.76 Å². The monoisotopic (exact) mass is 254 g/mol. The third kappa shape index (κ3) is 2.70. The maximum atomic E-state index is 11.2. The highest BCUT2D eigenvalue weighted by Crippen LogP contribution is 2.25. The van der Waals surface area contributed by atoms with Gasteiger partial charge in [0.2, 0.25) is 0 Å². The minimum absolute atomic E-state index is 0.434. The Morgan fingerprint density at radius 2 is 2.18 bits per heavy atom. The van der Waals surface area contributed by atoms with E-state index >= 15 is 0 Å². The smallest absolute Gasteiger partial charge is 0.408 e. The Labute approximate surface area is 104 Å². The minimum Gasteiger partial charge on any atom is -0.408 e. The number of fused-ring (bicyclic) bond motifs is 1. The summed E-state index contributed by atoms with van der Waals surface area (Å²) in [4.78, 5) is 16.0. The fourth-order valence-corrected chi connectivity index (χ4v) is 2.12. The third-order valence-corrected chi connectivity index (χ3v) is 3.03. The van der Waals surface area contributed by atoms with Crippen LogP contribution in [-0.2, 0) is 6.42 Å². The molecule has 0 unspecified atom stereocenters. The Hall–Kier alpha value is -1.26. The van der Waals surface area contributed by atoms with Gasteiger partial charge in [0, 0.05) is 5.02 Å². The van der Waals surface area contributed by atoms with Crippen molar-refractivity contribution in [1.29, 1.82) is 0 Å². The van der Waals surface area contributed by atoms with Crippen molar-refractivity contribution in [2.45, 2.75) is 12.8 Å². The Balaban J connectivity index is 2.30. The number of rotatable bonds is 4. The van der Waals surface area contributed by atoms with Crippen molar-refractivity contribution in [3.05, 3.63) is 33.3 Å². The topological polar surface area (TPSA) is 49.2 Å². The number of aromatic amines is 1. The van der Waals surface area contributed by atoms with Crippen LogP contribution in [0.4, 0.5) is 0 Å². The summed E-state index contributed by atoms with van der Waals surface area (Å²) in [5.74, 6) is -0.434. The average Bonchev–Trinajstić information content (AvgIpc) is 2.62. The van der Waals surface area contributed by atoms with E-state index < -0.39 is 5.76 Å². The lowest BCUT2D eigenvalue weighted by molar-refractivity contribution is 0.400. The predicted octanol–water partition coefficient (Wildman–Crippen LogP) is 2.27. The molecule has 0 aliphatic carbocycles. The van der Waals surface area contributed by atoms with Crippen molar-refractivity contribution in [1.82, 2.24) is 9.88 Å². The summed E-state index contributed by atoms with van der Waals surface area (Å²) in [5, 5.41) is 0.674. The second-order valence-corrected chi connectivity index (χ2v) is 4.73. The second-order valence-electron chi connectivity index (χ2n) is 4.32. The van der Waals surface area contributed by atoms with Gasteiger partial charge in [0.15, 0.2) is 5.58 Å². The first-order valence-electron chi connectivity index (χ1n) is 5.53. The Bertz CT molecular complexity index is 571. The molecule has 1 heterocycles. The Morgan fingerprint density at radius 3 is 2.88 bits per heavy atom. The van der Waals surface area contributed by atoms with E-state index in [-0.39, 0.29) is 0 Å². The first-order valence-corrected chi connectivity index (χ1v) is 5.90. The van der Waals surface area contributed by atoms with Gasteiger partial charge in [-0.25, -0.2) is 4.79 Å². The second kappa shape index (κ2) is 4.94. The van der Waals surface area contributed by atoms with Crippen molar-refractivity contribution in [3.8, 4) is 0 Å². The number of aromatic nitrogens is 1. The van der Waals surface area contributed by atoms with Gasteiger partial charge in [-0.05, 0) is 51.2 Å². The number of nitrogens with one attached hydrogen (secondary N) is 1. The summed E-state index contributed by atoms with van der Waals surface area (Å²) in [6.07, 6.45) is 1.81. The molecule has 2 rings (SSSR count). The maximum absolute atomic E-state index is 11.2. The zero-order valence-corrected chi connectivity index (χ0v) is 10.7. The largest absolute Gasteiger partial charge is 0.417 e. The number of benzene rings is 1. The van der Waals surface area contributed by atoms with Crippen molar-refractivity contribution >= 4 is 22.7 Å².